The number of amides is 2. The lowest BCUT2D eigenvalue weighted by Gasteiger charge is -2.05. The number of nitrogens with one attached hydrogen (secondary N) is 2. The molecule has 1 aromatic rings. The third-order valence-electron chi connectivity index (χ3n) is 2.28. The quantitative estimate of drug-likeness (QED) is 0.665. The maximum Gasteiger partial charge on any atom is 0.221 e. The van der Waals surface area contributed by atoms with Crippen molar-refractivity contribution in [2.24, 2.45) is 0 Å². The van der Waals surface area contributed by atoms with Crippen LogP contribution in [-0.2, 0) is 16.1 Å². The average molecular weight is 253 g/mol. The predicted molar refractivity (Wildman–Crippen MR) is 65.6 cm³/mol. The summed E-state index contributed by atoms with van der Waals surface area (Å²) in [6.07, 6.45) is 4.55. The van der Waals surface area contributed by atoms with Crippen molar-refractivity contribution in [1.29, 1.82) is 0 Å². The summed E-state index contributed by atoms with van der Waals surface area (Å²) in [5.74, 6) is -0.123. The van der Waals surface area contributed by atoms with Gasteiger partial charge < -0.3 is 10.6 Å². The molecule has 7 heteroatoms. The Labute approximate surface area is 106 Å². The van der Waals surface area contributed by atoms with E-state index in [1.54, 1.807) is 11.0 Å². The molecule has 0 radical (unpaired) electrons. The Morgan fingerprint density at radius 3 is 2.56 bits per heavy atom. The molecule has 2 N–H and O–H groups in total. The lowest BCUT2D eigenvalue weighted by Crippen LogP contribution is -2.31. The van der Waals surface area contributed by atoms with Crippen LogP contribution >= 0.6 is 0 Å². The van der Waals surface area contributed by atoms with Gasteiger partial charge in [-0.1, -0.05) is 6.92 Å². The Balaban J connectivity index is 2.04. The molecule has 0 fully saturated rings. The second-order valence-corrected chi connectivity index (χ2v) is 3.86. The van der Waals surface area contributed by atoms with E-state index in [1.165, 1.54) is 6.33 Å². The third-order valence-corrected chi connectivity index (χ3v) is 2.28. The van der Waals surface area contributed by atoms with Crippen molar-refractivity contribution < 1.29 is 9.59 Å². The molecule has 1 aromatic heterocycles. The number of nitrogens with zero attached hydrogens (tertiary/aromatic N) is 3. The van der Waals surface area contributed by atoms with Gasteiger partial charge >= 0.3 is 0 Å². The van der Waals surface area contributed by atoms with Crippen LogP contribution in [0.15, 0.2) is 12.7 Å². The van der Waals surface area contributed by atoms with E-state index in [9.17, 15) is 9.59 Å². The standard InChI is InChI=1S/C11H19N5O2/c1-2-5-13-10(17)3-6-14-11(18)4-7-16-9-12-8-15-16/h8-9H,2-7H2,1H3,(H,13,17)(H,14,18). The van der Waals surface area contributed by atoms with Gasteiger partial charge in [-0.25, -0.2) is 4.98 Å². The van der Waals surface area contributed by atoms with E-state index in [4.69, 9.17) is 0 Å². The van der Waals surface area contributed by atoms with Gasteiger partial charge in [0.25, 0.3) is 0 Å². The summed E-state index contributed by atoms with van der Waals surface area (Å²) in [6, 6.07) is 0. The normalized spacial score (nSPS) is 10.1. The first kappa shape index (κ1) is 14.1. The minimum atomic E-state index is -0.0891. The largest absolute Gasteiger partial charge is 0.356 e. The molecule has 0 bridgehead atoms. The zero-order valence-corrected chi connectivity index (χ0v) is 10.6. The lowest BCUT2D eigenvalue weighted by molar-refractivity contribution is -0.122. The smallest absolute Gasteiger partial charge is 0.221 e. The summed E-state index contributed by atoms with van der Waals surface area (Å²) in [5, 5.41) is 9.33. The van der Waals surface area contributed by atoms with Gasteiger partial charge in [0.15, 0.2) is 0 Å². The summed E-state index contributed by atoms with van der Waals surface area (Å²) >= 11 is 0. The van der Waals surface area contributed by atoms with Crippen LogP contribution in [0.4, 0.5) is 0 Å². The number of aromatic nitrogens is 3. The molecule has 0 aromatic carbocycles. The van der Waals surface area contributed by atoms with Crippen LogP contribution in [0.5, 0.6) is 0 Å². The fraction of sp³-hybridized carbons (Fsp3) is 0.636. The fourth-order valence-corrected chi connectivity index (χ4v) is 1.32. The Morgan fingerprint density at radius 1 is 1.17 bits per heavy atom. The van der Waals surface area contributed by atoms with Gasteiger partial charge in [0.05, 0.1) is 6.54 Å². The fourth-order valence-electron chi connectivity index (χ4n) is 1.32. The number of aryl methyl sites for hydroxylation is 1. The first-order chi connectivity index (χ1) is 8.72. The number of carbonyl (C=O) groups is 2. The minimum absolute atomic E-state index is 0.0339. The van der Waals surface area contributed by atoms with Crippen molar-refractivity contribution in [3.8, 4) is 0 Å². The average Bonchev–Trinajstić information content (AvgIpc) is 2.87. The van der Waals surface area contributed by atoms with Gasteiger partial charge in [-0.2, -0.15) is 5.10 Å². The van der Waals surface area contributed by atoms with Crippen LogP contribution in [0.3, 0.4) is 0 Å². The zero-order chi connectivity index (χ0) is 13.2. The molecule has 0 spiro atoms. The van der Waals surface area contributed by atoms with Crippen molar-refractivity contribution in [1.82, 2.24) is 25.4 Å². The van der Waals surface area contributed by atoms with E-state index >= 15 is 0 Å². The van der Waals surface area contributed by atoms with Crippen LogP contribution in [-0.4, -0.2) is 39.7 Å². The SMILES string of the molecule is CCCNC(=O)CCNC(=O)CCn1cncn1. The van der Waals surface area contributed by atoms with Crippen molar-refractivity contribution in [2.75, 3.05) is 13.1 Å². The molecule has 100 valence electrons. The second kappa shape index (κ2) is 8.21. The van der Waals surface area contributed by atoms with E-state index in [-0.39, 0.29) is 11.8 Å². The molecule has 1 heterocycles. The van der Waals surface area contributed by atoms with E-state index < -0.39 is 0 Å². The van der Waals surface area contributed by atoms with E-state index in [0.29, 0.717) is 32.5 Å². The molecule has 0 atom stereocenters. The Bertz CT molecular complexity index is 364. The molecule has 18 heavy (non-hydrogen) atoms. The molecular formula is C11H19N5O2. The van der Waals surface area contributed by atoms with Gasteiger partial charge in [-0.3, -0.25) is 14.3 Å². The van der Waals surface area contributed by atoms with Gasteiger partial charge in [0.2, 0.25) is 11.8 Å². The zero-order valence-electron chi connectivity index (χ0n) is 10.6. The minimum Gasteiger partial charge on any atom is -0.356 e. The van der Waals surface area contributed by atoms with E-state index in [1.807, 2.05) is 6.92 Å². The van der Waals surface area contributed by atoms with Crippen molar-refractivity contribution in [3.63, 3.8) is 0 Å². The molecule has 0 unspecified atom stereocenters. The Hall–Kier alpha value is -1.92. The summed E-state index contributed by atoms with van der Waals surface area (Å²) in [6.45, 7) is 3.53. The molecule has 0 saturated heterocycles. The molecule has 0 aliphatic heterocycles. The number of hydrogen-bond donors (Lipinski definition) is 2. The number of rotatable bonds is 8. The van der Waals surface area contributed by atoms with E-state index in [0.717, 1.165) is 6.42 Å². The summed E-state index contributed by atoms with van der Waals surface area (Å²) in [5.41, 5.74) is 0. The predicted octanol–water partition coefficient (Wildman–Crippen LogP) is -0.299. The third kappa shape index (κ3) is 5.97. The summed E-state index contributed by atoms with van der Waals surface area (Å²) < 4.78 is 1.59. The molecule has 1 rings (SSSR count). The maximum absolute atomic E-state index is 11.4. The molecular weight excluding hydrogens is 234 g/mol. The maximum atomic E-state index is 11.4. The van der Waals surface area contributed by atoms with Crippen LogP contribution in [0, 0.1) is 0 Å². The molecule has 0 aliphatic rings. The van der Waals surface area contributed by atoms with Gasteiger partial charge in [-0.05, 0) is 6.42 Å². The second-order valence-electron chi connectivity index (χ2n) is 3.86. The highest BCUT2D eigenvalue weighted by Crippen LogP contribution is 1.88. The Morgan fingerprint density at radius 2 is 1.89 bits per heavy atom. The highest BCUT2D eigenvalue weighted by atomic mass is 16.2. The molecule has 2 amide bonds. The van der Waals surface area contributed by atoms with E-state index in [2.05, 4.69) is 20.7 Å². The monoisotopic (exact) mass is 253 g/mol. The summed E-state index contributed by atoms with van der Waals surface area (Å²) in [7, 11) is 0. The number of hydrogen-bond acceptors (Lipinski definition) is 4. The van der Waals surface area contributed by atoms with Crippen molar-refractivity contribution in [3.05, 3.63) is 12.7 Å². The van der Waals surface area contributed by atoms with Crippen molar-refractivity contribution >= 4 is 11.8 Å². The number of carbonyl (C=O) groups excluding carboxylic acids is 2. The molecule has 7 nitrogen and oxygen atoms in total. The summed E-state index contributed by atoms with van der Waals surface area (Å²) in [4.78, 5) is 26.5. The first-order valence-electron chi connectivity index (χ1n) is 6.08. The van der Waals surface area contributed by atoms with Gasteiger partial charge in [0.1, 0.15) is 12.7 Å². The Kier molecular flexibility index (Phi) is 6.45. The lowest BCUT2D eigenvalue weighted by atomic mass is 10.3. The molecule has 0 aliphatic carbocycles. The van der Waals surface area contributed by atoms with Crippen molar-refractivity contribution in [2.45, 2.75) is 32.7 Å². The van der Waals surface area contributed by atoms with Crippen LogP contribution in [0.1, 0.15) is 26.2 Å². The van der Waals surface area contributed by atoms with Gasteiger partial charge in [-0.15, -0.1) is 0 Å². The first-order valence-corrected chi connectivity index (χ1v) is 6.08. The van der Waals surface area contributed by atoms with Crippen LogP contribution < -0.4 is 10.6 Å². The highest BCUT2D eigenvalue weighted by molar-refractivity contribution is 5.78. The van der Waals surface area contributed by atoms with Crippen LogP contribution in [0.25, 0.3) is 0 Å². The molecule has 0 saturated carbocycles. The van der Waals surface area contributed by atoms with Gasteiger partial charge in [0, 0.05) is 25.9 Å². The topological polar surface area (TPSA) is 88.9 Å². The highest BCUT2D eigenvalue weighted by Gasteiger charge is 2.04. The van der Waals surface area contributed by atoms with Crippen LogP contribution in [0.2, 0.25) is 0 Å².